The molecular weight excluding hydrogens is 342 g/mol. The summed E-state index contributed by atoms with van der Waals surface area (Å²) in [6.45, 7) is 0.507. The molecule has 2 aliphatic rings. The zero-order chi connectivity index (χ0) is 19.0. The number of nitrogens with one attached hydrogen (secondary N) is 1. The lowest BCUT2D eigenvalue weighted by molar-refractivity contribution is -0.120. The van der Waals surface area contributed by atoms with Gasteiger partial charge in [0.05, 0.1) is 16.8 Å². The highest BCUT2D eigenvalue weighted by molar-refractivity contribution is 6.34. The molecule has 0 saturated heterocycles. The van der Waals surface area contributed by atoms with Crippen LogP contribution in [0.5, 0.6) is 0 Å². The fourth-order valence-corrected chi connectivity index (χ4v) is 4.05. The molecule has 138 valence electrons. The Hall–Kier alpha value is -2.99. The number of carbonyl (C=O) groups is 3. The van der Waals surface area contributed by atoms with Gasteiger partial charge in [-0.25, -0.2) is 4.90 Å². The largest absolute Gasteiger partial charge is 0.330 e. The molecule has 2 aromatic rings. The van der Waals surface area contributed by atoms with Crippen molar-refractivity contribution in [1.82, 2.24) is 0 Å². The number of nitrogens with zero attached hydrogens (tertiary/aromatic N) is 1. The molecule has 1 heterocycles. The van der Waals surface area contributed by atoms with Crippen molar-refractivity contribution >= 4 is 29.1 Å². The van der Waals surface area contributed by atoms with Crippen LogP contribution in [0.15, 0.2) is 48.5 Å². The smallest absolute Gasteiger partial charge is 0.266 e. The SMILES string of the molecule is NC[C@H]1CCC[C@H]1C(=O)Nc1cccc(N2C(=O)c3ccccc3C2=O)c1. The Bertz CT molecular complexity index is 889. The first-order valence-corrected chi connectivity index (χ1v) is 9.19. The Labute approximate surface area is 157 Å². The molecule has 6 heteroatoms. The highest BCUT2D eigenvalue weighted by Crippen LogP contribution is 2.33. The van der Waals surface area contributed by atoms with Gasteiger partial charge in [-0.05, 0) is 55.6 Å². The standard InChI is InChI=1S/C21H21N3O3/c22-12-13-5-3-10-16(13)19(25)23-14-6-4-7-15(11-14)24-20(26)17-8-1-2-9-18(17)21(24)27/h1-2,4,6-9,11,13,16H,3,5,10,12,22H2,(H,23,25)/t13-,16-/m1/s1. The molecule has 0 aromatic heterocycles. The van der Waals surface area contributed by atoms with Gasteiger partial charge in [0, 0.05) is 11.6 Å². The Morgan fingerprint density at radius 1 is 1.04 bits per heavy atom. The molecule has 1 fully saturated rings. The molecule has 1 saturated carbocycles. The zero-order valence-corrected chi connectivity index (χ0v) is 14.9. The van der Waals surface area contributed by atoms with Gasteiger partial charge in [0.25, 0.3) is 11.8 Å². The molecule has 0 bridgehead atoms. The minimum absolute atomic E-state index is 0.0533. The number of benzene rings is 2. The normalized spacial score (nSPS) is 21.4. The van der Waals surface area contributed by atoms with E-state index < -0.39 is 0 Å². The van der Waals surface area contributed by atoms with Gasteiger partial charge in [-0.15, -0.1) is 0 Å². The fraction of sp³-hybridized carbons (Fsp3) is 0.286. The predicted molar refractivity (Wildman–Crippen MR) is 103 cm³/mol. The van der Waals surface area contributed by atoms with Crippen molar-refractivity contribution in [1.29, 1.82) is 0 Å². The summed E-state index contributed by atoms with van der Waals surface area (Å²) in [5, 5.41) is 2.92. The number of anilines is 2. The van der Waals surface area contributed by atoms with E-state index in [4.69, 9.17) is 5.73 Å². The topological polar surface area (TPSA) is 92.5 Å². The third kappa shape index (κ3) is 3.02. The summed E-state index contributed by atoms with van der Waals surface area (Å²) in [7, 11) is 0. The highest BCUT2D eigenvalue weighted by atomic mass is 16.2. The van der Waals surface area contributed by atoms with E-state index in [-0.39, 0.29) is 29.6 Å². The molecule has 0 radical (unpaired) electrons. The second-order valence-corrected chi connectivity index (χ2v) is 7.06. The van der Waals surface area contributed by atoms with Crippen LogP contribution >= 0.6 is 0 Å². The van der Waals surface area contributed by atoms with Crippen LogP contribution in [0.1, 0.15) is 40.0 Å². The quantitative estimate of drug-likeness (QED) is 0.817. The summed E-state index contributed by atoms with van der Waals surface area (Å²) >= 11 is 0. The highest BCUT2D eigenvalue weighted by Gasteiger charge is 2.36. The molecular formula is C21H21N3O3. The Balaban J connectivity index is 1.56. The average Bonchev–Trinajstić information content (AvgIpc) is 3.26. The van der Waals surface area contributed by atoms with Crippen LogP contribution < -0.4 is 16.0 Å². The van der Waals surface area contributed by atoms with Gasteiger partial charge >= 0.3 is 0 Å². The lowest BCUT2D eigenvalue weighted by Crippen LogP contribution is -2.30. The van der Waals surface area contributed by atoms with Crippen molar-refractivity contribution in [3.05, 3.63) is 59.7 Å². The van der Waals surface area contributed by atoms with Crippen LogP contribution in [0.3, 0.4) is 0 Å². The van der Waals surface area contributed by atoms with E-state index in [2.05, 4.69) is 5.32 Å². The van der Waals surface area contributed by atoms with Gasteiger partial charge in [-0.3, -0.25) is 14.4 Å². The first-order chi connectivity index (χ1) is 13.1. The molecule has 1 aliphatic carbocycles. The van der Waals surface area contributed by atoms with E-state index >= 15 is 0 Å². The van der Waals surface area contributed by atoms with Gasteiger partial charge in [-0.2, -0.15) is 0 Å². The molecule has 2 atom stereocenters. The monoisotopic (exact) mass is 363 g/mol. The number of rotatable bonds is 4. The van der Waals surface area contributed by atoms with E-state index in [9.17, 15) is 14.4 Å². The fourth-order valence-electron chi connectivity index (χ4n) is 4.05. The number of imide groups is 1. The third-order valence-electron chi connectivity index (χ3n) is 5.46. The molecule has 3 amide bonds. The second kappa shape index (κ2) is 6.96. The van der Waals surface area contributed by atoms with Crippen molar-refractivity contribution in [2.45, 2.75) is 19.3 Å². The average molecular weight is 363 g/mol. The summed E-state index contributed by atoms with van der Waals surface area (Å²) < 4.78 is 0. The second-order valence-electron chi connectivity index (χ2n) is 7.06. The van der Waals surface area contributed by atoms with E-state index in [1.165, 1.54) is 0 Å². The van der Waals surface area contributed by atoms with Gasteiger partial charge in [0.2, 0.25) is 5.91 Å². The maximum absolute atomic E-state index is 12.6. The van der Waals surface area contributed by atoms with Gasteiger partial charge in [-0.1, -0.05) is 24.6 Å². The van der Waals surface area contributed by atoms with Gasteiger partial charge < -0.3 is 11.1 Å². The Morgan fingerprint density at radius 3 is 2.41 bits per heavy atom. The van der Waals surface area contributed by atoms with Crippen LogP contribution in [-0.4, -0.2) is 24.3 Å². The Kier molecular flexibility index (Phi) is 4.49. The van der Waals surface area contributed by atoms with Gasteiger partial charge in [0.1, 0.15) is 0 Å². The molecule has 2 aromatic carbocycles. The molecule has 0 spiro atoms. The summed E-state index contributed by atoms with van der Waals surface area (Å²) in [6, 6.07) is 13.6. The number of hydrogen-bond donors (Lipinski definition) is 2. The molecule has 3 N–H and O–H groups in total. The van der Waals surface area contributed by atoms with Crippen molar-refractivity contribution in [3.8, 4) is 0 Å². The van der Waals surface area contributed by atoms with Crippen LogP contribution in [0.2, 0.25) is 0 Å². The van der Waals surface area contributed by atoms with Crippen LogP contribution in [0.4, 0.5) is 11.4 Å². The molecule has 0 unspecified atom stereocenters. The lowest BCUT2D eigenvalue weighted by Gasteiger charge is -2.19. The summed E-state index contributed by atoms with van der Waals surface area (Å²) in [4.78, 5) is 39.0. The van der Waals surface area contributed by atoms with E-state index in [1.807, 2.05) is 0 Å². The summed E-state index contributed by atoms with van der Waals surface area (Å²) in [5.74, 6) is -0.624. The van der Waals surface area contributed by atoms with Crippen LogP contribution in [0.25, 0.3) is 0 Å². The summed E-state index contributed by atoms with van der Waals surface area (Å²) in [5.41, 5.74) is 7.58. The number of carbonyl (C=O) groups excluding carboxylic acids is 3. The minimum Gasteiger partial charge on any atom is -0.330 e. The Morgan fingerprint density at radius 2 is 1.74 bits per heavy atom. The molecule has 27 heavy (non-hydrogen) atoms. The van der Waals surface area contributed by atoms with E-state index in [0.29, 0.717) is 29.0 Å². The number of nitrogens with two attached hydrogens (primary N) is 1. The number of amides is 3. The maximum Gasteiger partial charge on any atom is 0.266 e. The van der Waals surface area contributed by atoms with Crippen molar-refractivity contribution in [2.75, 3.05) is 16.8 Å². The first kappa shape index (κ1) is 17.4. The van der Waals surface area contributed by atoms with E-state index in [1.54, 1.807) is 48.5 Å². The third-order valence-corrected chi connectivity index (χ3v) is 5.46. The predicted octanol–water partition coefficient (Wildman–Crippen LogP) is 2.80. The van der Waals surface area contributed by atoms with Crippen molar-refractivity contribution in [2.24, 2.45) is 17.6 Å². The number of hydrogen-bond acceptors (Lipinski definition) is 4. The summed E-state index contributed by atoms with van der Waals surface area (Å²) in [6.07, 6.45) is 2.82. The van der Waals surface area contributed by atoms with Crippen LogP contribution in [-0.2, 0) is 4.79 Å². The van der Waals surface area contributed by atoms with Crippen molar-refractivity contribution < 1.29 is 14.4 Å². The number of fused-ring (bicyclic) bond motifs is 1. The minimum atomic E-state index is -0.349. The van der Waals surface area contributed by atoms with Crippen LogP contribution in [0, 0.1) is 11.8 Å². The zero-order valence-electron chi connectivity index (χ0n) is 14.9. The first-order valence-electron chi connectivity index (χ1n) is 9.19. The maximum atomic E-state index is 12.6. The molecule has 4 rings (SSSR count). The molecule has 6 nitrogen and oxygen atoms in total. The molecule has 1 aliphatic heterocycles. The van der Waals surface area contributed by atoms with E-state index in [0.717, 1.165) is 24.2 Å². The van der Waals surface area contributed by atoms with Gasteiger partial charge in [0.15, 0.2) is 0 Å². The van der Waals surface area contributed by atoms with Crippen molar-refractivity contribution in [3.63, 3.8) is 0 Å². The lowest BCUT2D eigenvalue weighted by atomic mass is 9.95.